The molecular weight excluding hydrogens is 224 g/mol. The van der Waals surface area contributed by atoms with Crippen LogP contribution in [0.15, 0.2) is 0 Å². The van der Waals surface area contributed by atoms with Crippen molar-refractivity contribution in [2.75, 3.05) is 13.1 Å². The Morgan fingerprint density at radius 2 is 2.06 bits per heavy atom. The molecule has 3 heteroatoms. The van der Waals surface area contributed by atoms with Crippen LogP contribution >= 0.6 is 0 Å². The predicted octanol–water partition coefficient (Wildman–Crippen LogP) is 2.71. The van der Waals surface area contributed by atoms with E-state index < -0.39 is 0 Å². The second-order valence-corrected chi connectivity index (χ2v) is 6.54. The molecule has 0 aromatic carbocycles. The maximum absolute atomic E-state index is 12.3. The standard InChI is InChI=1S/C15H30N2O/c1-12(2)7-5-8-13(3)17-14(18)15(4)9-6-10-16-11-15/h12-13,16H,5-11H2,1-4H3,(H,17,18). The maximum Gasteiger partial charge on any atom is 0.227 e. The minimum Gasteiger partial charge on any atom is -0.353 e. The van der Waals surface area contributed by atoms with Gasteiger partial charge in [-0.1, -0.05) is 26.7 Å². The Bertz CT molecular complexity index is 257. The molecule has 2 N–H and O–H groups in total. The fraction of sp³-hybridized carbons (Fsp3) is 0.933. The normalized spacial score (nSPS) is 26.1. The van der Waals surface area contributed by atoms with Crippen molar-refractivity contribution in [3.05, 3.63) is 0 Å². The summed E-state index contributed by atoms with van der Waals surface area (Å²) in [5.41, 5.74) is -0.204. The van der Waals surface area contributed by atoms with E-state index in [9.17, 15) is 4.79 Å². The zero-order valence-corrected chi connectivity index (χ0v) is 12.5. The van der Waals surface area contributed by atoms with Crippen LogP contribution < -0.4 is 10.6 Å². The molecule has 1 amide bonds. The molecule has 1 heterocycles. The van der Waals surface area contributed by atoms with Crippen LogP contribution in [0.1, 0.15) is 59.8 Å². The third-order valence-corrected chi connectivity index (χ3v) is 3.94. The third-order valence-electron chi connectivity index (χ3n) is 3.94. The summed E-state index contributed by atoms with van der Waals surface area (Å²) in [4.78, 5) is 12.3. The van der Waals surface area contributed by atoms with Gasteiger partial charge in [0.25, 0.3) is 0 Å². The van der Waals surface area contributed by atoms with Crippen LogP contribution in [0.5, 0.6) is 0 Å². The smallest absolute Gasteiger partial charge is 0.227 e. The number of amides is 1. The van der Waals surface area contributed by atoms with Gasteiger partial charge in [-0.3, -0.25) is 4.79 Å². The van der Waals surface area contributed by atoms with Crippen molar-refractivity contribution in [3.63, 3.8) is 0 Å². The van der Waals surface area contributed by atoms with Gasteiger partial charge in [-0.15, -0.1) is 0 Å². The first-order valence-electron chi connectivity index (χ1n) is 7.46. The Hall–Kier alpha value is -0.570. The van der Waals surface area contributed by atoms with Gasteiger partial charge in [-0.2, -0.15) is 0 Å². The minimum atomic E-state index is -0.204. The number of hydrogen-bond donors (Lipinski definition) is 2. The molecule has 106 valence electrons. The van der Waals surface area contributed by atoms with Crippen LogP contribution in [-0.4, -0.2) is 25.0 Å². The zero-order chi connectivity index (χ0) is 13.6. The molecular formula is C15H30N2O. The van der Waals surface area contributed by atoms with E-state index in [2.05, 4.69) is 38.3 Å². The first-order chi connectivity index (χ1) is 8.44. The quantitative estimate of drug-likeness (QED) is 0.765. The number of carbonyl (C=O) groups is 1. The second-order valence-electron chi connectivity index (χ2n) is 6.54. The number of piperidine rings is 1. The van der Waals surface area contributed by atoms with Gasteiger partial charge < -0.3 is 10.6 Å². The van der Waals surface area contributed by atoms with Crippen LogP contribution in [0.4, 0.5) is 0 Å². The second kappa shape index (κ2) is 7.13. The van der Waals surface area contributed by atoms with Gasteiger partial charge in [0.1, 0.15) is 0 Å². The summed E-state index contributed by atoms with van der Waals surface area (Å²) in [6, 6.07) is 0.301. The maximum atomic E-state index is 12.3. The van der Waals surface area contributed by atoms with Crippen molar-refractivity contribution in [2.45, 2.75) is 65.8 Å². The summed E-state index contributed by atoms with van der Waals surface area (Å²) in [6.07, 6.45) is 5.65. The van der Waals surface area contributed by atoms with Gasteiger partial charge in [0, 0.05) is 12.6 Å². The molecule has 1 rings (SSSR count). The third kappa shape index (κ3) is 4.97. The molecule has 0 aromatic heterocycles. The van der Waals surface area contributed by atoms with Crippen molar-refractivity contribution in [1.82, 2.24) is 10.6 Å². The average Bonchev–Trinajstić information content (AvgIpc) is 2.29. The van der Waals surface area contributed by atoms with E-state index in [0.717, 1.165) is 38.3 Å². The van der Waals surface area contributed by atoms with Gasteiger partial charge in [0.2, 0.25) is 5.91 Å². The van der Waals surface area contributed by atoms with Crippen molar-refractivity contribution < 1.29 is 4.79 Å². The summed E-state index contributed by atoms with van der Waals surface area (Å²) >= 11 is 0. The lowest BCUT2D eigenvalue weighted by molar-refractivity contribution is -0.131. The topological polar surface area (TPSA) is 41.1 Å². The van der Waals surface area contributed by atoms with E-state index in [0.29, 0.717) is 6.04 Å². The van der Waals surface area contributed by atoms with Gasteiger partial charge in [-0.25, -0.2) is 0 Å². The number of hydrogen-bond acceptors (Lipinski definition) is 2. The van der Waals surface area contributed by atoms with Crippen LogP contribution in [0.25, 0.3) is 0 Å². The highest BCUT2D eigenvalue weighted by Gasteiger charge is 2.34. The fourth-order valence-corrected chi connectivity index (χ4v) is 2.55. The number of rotatable bonds is 6. The highest BCUT2D eigenvalue weighted by Crippen LogP contribution is 2.25. The Balaban J connectivity index is 2.29. The predicted molar refractivity (Wildman–Crippen MR) is 76.5 cm³/mol. The summed E-state index contributed by atoms with van der Waals surface area (Å²) in [5, 5.41) is 6.51. The lowest BCUT2D eigenvalue weighted by Gasteiger charge is -2.33. The van der Waals surface area contributed by atoms with Gasteiger partial charge >= 0.3 is 0 Å². The number of nitrogens with one attached hydrogen (secondary N) is 2. The Morgan fingerprint density at radius 1 is 1.33 bits per heavy atom. The summed E-state index contributed by atoms with van der Waals surface area (Å²) in [5.74, 6) is 0.986. The molecule has 0 aromatic rings. The molecule has 3 nitrogen and oxygen atoms in total. The fourth-order valence-electron chi connectivity index (χ4n) is 2.55. The van der Waals surface area contributed by atoms with Gasteiger partial charge in [0.15, 0.2) is 0 Å². The molecule has 2 unspecified atom stereocenters. The molecule has 0 spiro atoms. The van der Waals surface area contributed by atoms with E-state index in [1.165, 1.54) is 12.8 Å². The van der Waals surface area contributed by atoms with Gasteiger partial charge in [-0.05, 0) is 45.6 Å². The van der Waals surface area contributed by atoms with Crippen molar-refractivity contribution >= 4 is 5.91 Å². The monoisotopic (exact) mass is 254 g/mol. The largest absolute Gasteiger partial charge is 0.353 e. The molecule has 1 saturated heterocycles. The molecule has 18 heavy (non-hydrogen) atoms. The van der Waals surface area contributed by atoms with Crippen LogP contribution in [0.2, 0.25) is 0 Å². The molecule has 1 fully saturated rings. The first-order valence-corrected chi connectivity index (χ1v) is 7.46. The van der Waals surface area contributed by atoms with Crippen LogP contribution in [-0.2, 0) is 4.79 Å². The van der Waals surface area contributed by atoms with E-state index in [4.69, 9.17) is 0 Å². The molecule has 1 aliphatic rings. The molecule has 0 saturated carbocycles. The molecule has 0 radical (unpaired) electrons. The summed E-state index contributed by atoms with van der Waals surface area (Å²) < 4.78 is 0. The first kappa shape index (κ1) is 15.5. The van der Waals surface area contributed by atoms with E-state index >= 15 is 0 Å². The molecule has 1 aliphatic heterocycles. The molecule has 0 aliphatic carbocycles. The summed E-state index contributed by atoms with van der Waals surface area (Å²) in [6.45, 7) is 10.6. The van der Waals surface area contributed by atoms with E-state index in [-0.39, 0.29) is 11.3 Å². The Labute approximate surface area is 112 Å². The zero-order valence-electron chi connectivity index (χ0n) is 12.5. The molecule has 0 bridgehead atoms. The Kier molecular flexibility index (Phi) is 6.13. The minimum absolute atomic E-state index is 0.204. The van der Waals surface area contributed by atoms with Crippen LogP contribution in [0, 0.1) is 11.3 Å². The average molecular weight is 254 g/mol. The lowest BCUT2D eigenvalue weighted by atomic mass is 9.81. The van der Waals surface area contributed by atoms with Crippen molar-refractivity contribution in [3.8, 4) is 0 Å². The SMILES string of the molecule is CC(C)CCCC(C)NC(=O)C1(C)CCCNC1. The molecule has 2 atom stereocenters. The number of carbonyl (C=O) groups excluding carboxylic acids is 1. The van der Waals surface area contributed by atoms with E-state index in [1.807, 2.05) is 0 Å². The van der Waals surface area contributed by atoms with Crippen LogP contribution in [0.3, 0.4) is 0 Å². The highest BCUT2D eigenvalue weighted by molar-refractivity contribution is 5.82. The van der Waals surface area contributed by atoms with Crippen molar-refractivity contribution in [2.24, 2.45) is 11.3 Å². The van der Waals surface area contributed by atoms with Crippen molar-refractivity contribution in [1.29, 1.82) is 0 Å². The summed E-state index contributed by atoms with van der Waals surface area (Å²) in [7, 11) is 0. The van der Waals surface area contributed by atoms with Gasteiger partial charge in [0.05, 0.1) is 5.41 Å². The lowest BCUT2D eigenvalue weighted by Crippen LogP contribution is -2.50. The Morgan fingerprint density at radius 3 is 2.61 bits per heavy atom. The highest BCUT2D eigenvalue weighted by atomic mass is 16.2. The van der Waals surface area contributed by atoms with E-state index in [1.54, 1.807) is 0 Å².